The highest BCUT2D eigenvalue weighted by atomic mass is 16.1. The van der Waals surface area contributed by atoms with E-state index in [4.69, 9.17) is 0 Å². The summed E-state index contributed by atoms with van der Waals surface area (Å²) in [5.74, 6) is 0.584. The first kappa shape index (κ1) is 14.5. The highest BCUT2D eigenvalue weighted by molar-refractivity contribution is 5.95. The van der Waals surface area contributed by atoms with Crippen LogP contribution in [0.2, 0.25) is 0 Å². The van der Waals surface area contributed by atoms with E-state index >= 15 is 0 Å². The predicted octanol–water partition coefficient (Wildman–Crippen LogP) is 5.30. The van der Waals surface area contributed by atoms with Gasteiger partial charge in [-0.05, 0) is 61.1 Å². The largest absolute Gasteiger partial charge is 0.295 e. The molecule has 1 heteroatoms. The van der Waals surface area contributed by atoms with Gasteiger partial charge in [-0.15, -0.1) is 0 Å². The maximum Gasteiger partial charge on any atom is 0.159 e. The first-order valence-corrected chi connectivity index (χ1v) is 7.12. The molecule has 0 saturated carbocycles. The summed E-state index contributed by atoms with van der Waals surface area (Å²) in [4.78, 5) is 11.7. The molecule has 0 fully saturated rings. The van der Waals surface area contributed by atoms with Crippen LogP contribution >= 0.6 is 0 Å². The minimum Gasteiger partial charge on any atom is -0.295 e. The van der Waals surface area contributed by atoms with Crippen LogP contribution in [0.1, 0.15) is 53.7 Å². The fourth-order valence-electron chi connectivity index (χ4n) is 2.57. The molecule has 2 rings (SSSR count). The van der Waals surface area contributed by atoms with Gasteiger partial charge >= 0.3 is 0 Å². The van der Waals surface area contributed by atoms with Gasteiger partial charge in [-0.1, -0.05) is 43.7 Å². The van der Waals surface area contributed by atoms with Crippen molar-refractivity contribution in [3.8, 4) is 11.1 Å². The molecular formula is C19H22O. The van der Waals surface area contributed by atoms with Crippen molar-refractivity contribution in [3.63, 3.8) is 0 Å². The summed E-state index contributed by atoms with van der Waals surface area (Å²) in [6, 6.07) is 12.7. The molecule has 0 amide bonds. The lowest BCUT2D eigenvalue weighted by Crippen LogP contribution is -1.97. The van der Waals surface area contributed by atoms with Gasteiger partial charge in [0.05, 0.1) is 0 Å². The SMILES string of the molecule is CC(=O)c1cc(C)cc(-c2cc(C)ccc2C(C)C)c1. The normalized spacial score (nSPS) is 10.9. The van der Waals surface area contributed by atoms with E-state index in [0.717, 1.165) is 16.7 Å². The molecule has 0 saturated heterocycles. The Balaban J connectivity index is 2.67. The van der Waals surface area contributed by atoms with Crippen LogP contribution in [0, 0.1) is 13.8 Å². The number of hydrogen-bond acceptors (Lipinski definition) is 1. The molecule has 1 nitrogen and oxygen atoms in total. The molecule has 0 aromatic heterocycles. The quantitative estimate of drug-likeness (QED) is 0.689. The molecule has 0 spiro atoms. The van der Waals surface area contributed by atoms with Crippen LogP contribution in [0.4, 0.5) is 0 Å². The van der Waals surface area contributed by atoms with Crippen molar-refractivity contribution in [2.24, 2.45) is 0 Å². The van der Waals surface area contributed by atoms with E-state index in [2.05, 4.69) is 45.0 Å². The molecule has 0 N–H and O–H groups in total. The minimum absolute atomic E-state index is 0.119. The number of rotatable bonds is 3. The Morgan fingerprint density at radius 2 is 1.65 bits per heavy atom. The summed E-state index contributed by atoms with van der Waals surface area (Å²) in [6.07, 6.45) is 0. The molecule has 2 aromatic rings. The number of Topliss-reactive ketones (excluding diaryl/α,β-unsaturated/α-hetero) is 1. The second kappa shape index (κ2) is 5.62. The molecule has 0 aliphatic heterocycles. The summed E-state index contributed by atoms with van der Waals surface area (Å²) in [5.41, 5.74) is 6.87. The van der Waals surface area contributed by atoms with E-state index in [1.807, 2.05) is 19.1 Å². The van der Waals surface area contributed by atoms with Gasteiger partial charge in [-0.2, -0.15) is 0 Å². The van der Waals surface area contributed by atoms with Crippen molar-refractivity contribution in [2.75, 3.05) is 0 Å². The van der Waals surface area contributed by atoms with Crippen LogP contribution in [-0.4, -0.2) is 5.78 Å². The molecular weight excluding hydrogens is 244 g/mol. The fourth-order valence-corrected chi connectivity index (χ4v) is 2.57. The van der Waals surface area contributed by atoms with Crippen molar-refractivity contribution in [2.45, 2.75) is 40.5 Å². The number of ketones is 1. The van der Waals surface area contributed by atoms with Crippen LogP contribution in [0.3, 0.4) is 0 Å². The van der Waals surface area contributed by atoms with Crippen molar-refractivity contribution in [1.29, 1.82) is 0 Å². The molecule has 0 aliphatic carbocycles. The number of carbonyl (C=O) groups is 1. The Morgan fingerprint density at radius 3 is 2.25 bits per heavy atom. The Kier molecular flexibility index (Phi) is 4.08. The van der Waals surface area contributed by atoms with E-state index in [1.165, 1.54) is 16.7 Å². The molecule has 0 aliphatic rings. The van der Waals surface area contributed by atoms with Gasteiger partial charge in [0.25, 0.3) is 0 Å². The van der Waals surface area contributed by atoms with E-state index in [-0.39, 0.29) is 5.78 Å². The molecule has 104 valence electrons. The monoisotopic (exact) mass is 266 g/mol. The van der Waals surface area contributed by atoms with Gasteiger partial charge in [0.1, 0.15) is 0 Å². The standard InChI is InChI=1S/C19H22O/c1-12(2)18-7-6-13(3)10-19(18)17-9-14(4)8-16(11-17)15(5)20/h6-12H,1-5H3. The van der Waals surface area contributed by atoms with Crippen molar-refractivity contribution < 1.29 is 4.79 Å². The van der Waals surface area contributed by atoms with Crippen molar-refractivity contribution in [3.05, 3.63) is 58.7 Å². The molecule has 20 heavy (non-hydrogen) atoms. The average molecular weight is 266 g/mol. The Hall–Kier alpha value is -1.89. The first-order valence-electron chi connectivity index (χ1n) is 7.12. The van der Waals surface area contributed by atoms with Crippen LogP contribution in [-0.2, 0) is 0 Å². The predicted molar refractivity (Wildman–Crippen MR) is 85.4 cm³/mol. The molecule has 0 unspecified atom stereocenters. The van der Waals surface area contributed by atoms with Crippen molar-refractivity contribution >= 4 is 5.78 Å². The van der Waals surface area contributed by atoms with Crippen LogP contribution < -0.4 is 0 Å². The summed E-state index contributed by atoms with van der Waals surface area (Å²) in [6.45, 7) is 10.2. The topological polar surface area (TPSA) is 17.1 Å². The lowest BCUT2D eigenvalue weighted by Gasteiger charge is -2.15. The highest BCUT2D eigenvalue weighted by Gasteiger charge is 2.11. The summed E-state index contributed by atoms with van der Waals surface area (Å²) < 4.78 is 0. The Labute approximate surface area is 121 Å². The maximum atomic E-state index is 11.7. The third-order valence-corrected chi connectivity index (χ3v) is 3.63. The zero-order valence-electron chi connectivity index (χ0n) is 12.9. The van der Waals surface area contributed by atoms with Gasteiger partial charge < -0.3 is 0 Å². The summed E-state index contributed by atoms with van der Waals surface area (Å²) >= 11 is 0. The van der Waals surface area contributed by atoms with Crippen LogP contribution in [0.25, 0.3) is 11.1 Å². The zero-order valence-corrected chi connectivity index (χ0v) is 12.9. The van der Waals surface area contributed by atoms with E-state index in [0.29, 0.717) is 5.92 Å². The van der Waals surface area contributed by atoms with Gasteiger partial charge in [0.2, 0.25) is 0 Å². The molecule has 0 heterocycles. The van der Waals surface area contributed by atoms with E-state index < -0.39 is 0 Å². The Morgan fingerprint density at radius 1 is 0.950 bits per heavy atom. The number of carbonyl (C=O) groups excluding carboxylic acids is 1. The highest BCUT2D eigenvalue weighted by Crippen LogP contribution is 2.31. The van der Waals surface area contributed by atoms with E-state index in [9.17, 15) is 4.79 Å². The average Bonchev–Trinajstić information content (AvgIpc) is 2.37. The van der Waals surface area contributed by atoms with Crippen molar-refractivity contribution in [1.82, 2.24) is 0 Å². The third kappa shape index (κ3) is 2.98. The van der Waals surface area contributed by atoms with Gasteiger partial charge in [-0.3, -0.25) is 4.79 Å². The van der Waals surface area contributed by atoms with E-state index in [1.54, 1.807) is 6.92 Å². The number of aryl methyl sites for hydroxylation is 2. The lowest BCUT2D eigenvalue weighted by atomic mass is 9.89. The fraction of sp³-hybridized carbons (Fsp3) is 0.316. The minimum atomic E-state index is 0.119. The summed E-state index contributed by atoms with van der Waals surface area (Å²) in [5, 5.41) is 0. The lowest BCUT2D eigenvalue weighted by molar-refractivity contribution is 0.101. The maximum absolute atomic E-state index is 11.7. The van der Waals surface area contributed by atoms with Gasteiger partial charge in [0.15, 0.2) is 5.78 Å². The van der Waals surface area contributed by atoms with Crippen LogP contribution in [0.15, 0.2) is 36.4 Å². The second-order valence-corrected chi connectivity index (χ2v) is 5.89. The number of hydrogen-bond donors (Lipinski definition) is 0. The zero-order chi connectivity index (χ0) is 14.9. The van der Waals surface area contributed by atoms with Crippen LogP contribution in [0.5, 0.6) is 0 Å². The summed E-state index contributed by atoms with van der Waals surface area (Å²) in [7, 11) is 0. The number of benzene rings is 2. The molecule has 0 bridgehead atoms. The smallest absolute Gasteiger partial charge is 0.159 e. The molecule has 0 radical (unpaired) electrons. The molecule has 0 atom stereocenters. The second-order valence-electron chi connectivity index (χ2n) is 5.89. The Bertz CT molecular complexity index is 651. The van der Waals surface area contributed by atoms with Gasteiger partial charge in [-0.25, -0.2) is 0 Å². The molecule has 2 aromatic carbocycles. The van der Waals surface area contributed by atoms with Gasteiger partial charge in [0, 0.05) is 5.56 Å². The first-order chi connectivity index (χ1) is 9.38. The third-order valence-electron chi connectivity index (χ3n) is 3.63.